The van der Waals surface area contributed by atoms with Crippen molar-refractivity contribution >= 4 is 28.6 Å². The molecule has 0 radical (unpaired) electrons. The van der Waals surface area contributed by atoms with Gasteiger partial charge in [0.1, 0.15) is 0 Å². The molecule has 0 spiro atoms. The van der Waals surface area contributed by atoms with Crippen molar-refractivity contribution in [3.05, 3.63) is 29.8 Å². The summed E-state index contributed by atoms with van der Waals surface area (Å²) in [5, 5.41) is 17.7. The second-order valence-corrected chi connectivity index (χ2v) is 2.99. The normalized spacial score (nSPS) is 9.92. The van der Waals surface area contributed by atoms with E-state index in [2.05, 4.69) is 3.53 Å². The second-order valence-electron chi connectivity index (χ2n) is 2.23. The molecule has 0 amide bonds. The van der Waals surface area contributed by atoms with E-state index in [9.17, 15) is 0 Å². The Morgan fingerprint density at radius 1 is 1.33 bits per heavy atom. The molecular weight excluding hydrogens is 271 g/mol. The van der Waals surface area contributed by atoms with Gasteiger partial charge in [-0.05, 0) is 11.6 Å². The molecule has 0 unspecified atom stereocenters. The Labute approximate surface area is 84.2 Å². The smallest absolute Gasteiger partial charge is 0.0987 e. The van der Waals surface area contributed by atoms with E-state index < -0.39 is 0 Å². The van der Waals surface area contributed by atoms with Crippen molar-refractivity contribution < 1.29 is 10.4 Å². The maximum absolute atomic E-state index is 8.79. The fourth-order valence-electron chi connectivity index (χ4n) is 0.927. The molecule has 0 atom stereocenters. The molecule has 5 heteroatoms. The molecule has 66 valence electrons. The molecule has 0 bridgehead atoms. The summed E-state index contributed by atoms with van der Waals surface area (Å²) in [6.07, 6.45) is 0. The lowest BCUT2D eigenvalue weighted by molar-refractivity contribution is 0.0287. The van der Waals surface area contributed by atoms with Gasteiger partial charge in [-0.25, -0.2) is 0 Å². The molecule has 3 N–H and O–H groups in total. The third-order valence-electron chi connectivity index (χ3n) is 1.46. The van der Waals surface area contributed by atoms with E-state index >= 15 is 0 Å². The molecule has 0 aliphatic heterocycles. The molecular formula is C7H9IN2O2. The number of nitrogens with zero attached hydrogens (tertiary/aromatic N) is 1. The molecule has 1 rings (SSSR count). The first-order valence-corrected chi connectivity index (χ1v) is 4.43. The number of anilines is 1. The van der Waals surface area contributed by atoms with Gasteiger partial charge in [0.15, 0.2) is 0 Å². The average Bonchev–Trinajstić information content (AvgIpc) is 2.05. The zero-order valence-corrected chi connectivity index (χ0v) is 8.39. The van der Waals surface area contributed by atoms with Gasteiger partial charge in [-0.2, -0.15) is 0 Å². The molecule has 0 fully saturated rings. The summed E-state index contributed by atoms with van der Waals surface area (Å²) >= 11 is 2.00. The summed E-state index contributed by atoms with van der Waals surface area (Å²) in [5.41, 5.74) is 1.22. The van der Waals surface area contributed by atoms with Gasteiger partial charge >= 0.3 is 0 Å². The Morgan fingerprint density at radius 3 is 2.58 bits per heavy atom. The van der Waals surface area contributed by atoms with Crippen LogP contribution >= 0.6 is 22.9 Å². The van der Waals surface area contributed by atoms with E-state index in [1.54, 1.807) is 12.1 Å². The molecule has 0 aliphatic rings. The maximum atomic E-state index is 8.79. The van der Waals surface area contributed by atoms with Crippen LogP contribution in [-0.2, 0) is 6.54 Å². The monoisotopic (exact) mass is 280 g/mol. The summed E-state index contributed by atoms with van der Waals surface area (Å²) in [4.78, 5) is 0. The highest BCUT2D eigenvalue weighted by atomic mass is 127. The van der Waals surface area contributed by atoms with E-state index in [1.807, 2.05) is 35.0 Å². The van der Waals surface area contributed by atoms with Gasteiger partial charge in [0.05, 0.1) is 5.69 Å². The van der Waals surface area contributed by atoms with Crippen molar-refractivity contribution in [2.24, 2.45) is 0 Å². The minimum absolute atomic E-state index is 0.128. The number of para-hydroxylation sites is 1. The van der Waals surface area contributed by atoms with Crippen molar-refractivity contribution in [2.45, 2.75) is 6.54 Å². The van der Waals surface area contributed by atoms with Crippen LogP contribution in [-0.4, -0.2) is 10.4 Å². The first kappa shape index (κ1) is 9.72. The fourth-order valence-corrected chi connectivity index (χ4v) is 1.34. The van der Waals surface area contributed by atoms with E-state index in [4.69, 9.17) is 10.4 Å². The van der Waals surface area contributed by atoms with Crippen LogP contribution < -0.4 is 8.76 Å². The molecule has 0 saturated heterocycles. The quantitative estimate of drug-likeness (QED) is 0.448. The lowest BCUT2D eigenvalue weighted by Crippen LogP contribution is -2.14. The highest BCUT2D eigenvalue weighted by Gasteiger charge is 2.04. The second kappa shape index (κ2) is 4.61. The molecule has 0 aromatic heterocycles. The number of hydrogen-bond donors (Lipinski definition) is 3. The Hall–Kier alpha value is -0.370. The average molecular weight is 280 g/mol. The Morgan fingerprint density at radius 2 is 2.00 bits per heavy atom. The third kappa shape index (κ3) is 2.31. The lowest BCUT2D eigenvalue weighted by atomic mass is 10.2. The SMILES string of the molecule is ON(O)c1ccccc1CNI. The molecule has 12 heavy (non-hydrogen) atoms. The minimum Gasteiger partial charge on any atom is -0.264 e. The van der Waals surface area contributed by atoms with Crippen molar-refractivity contribution in [1.29, 1.82) is 0 Å². The van der Waals surface area contributed by atoms with Crippen LogP contribution in [0.2, 0.25) is 0 Å². The molecule has 0 heterocycles. The van der Waals surface area contributed by atoms with E-state index in [0.29, 0.717) is 12.2 Å². The highest BCUT2D eigenvalue weighted by Crippen LogP contribution is 2.17. The lowest BCUT2D eigenvalue weighted by Gasteiger charge is -2.12. The van der Waals surface area contributed by atoms with Gasteiger partial charge in [-0.1, -0.05) is 18.2 Å². The van der Waals surface area contributed by atoms with Crippen LogP contribution in [0.25, 0.3) is 0 Å². The van der Waals surface area contributed by atoms with Crippen molar-refractivity contribution in [3.8, 4) is 0 Å². The van der Waals surface area contributed by atoms with Gasteiger partial charge in [-0.15, -0.1) is 5.23 Å². The van der Waals surface area contributed by atoms with Gasteiger partial charge in [0, 0.05) is 29.4 Å². The minimum atomic E-state index is 0.128. The summed E-state index contributed by atoms with van der Waals surface area (Å²) in [5.74, 6) is 0. The largest absolute Gasteiger partial charge is 0.264 e. The standard InChI is InChI=1S/C7H9IN2O2/c8-9-5-6-3-1-2-4-7(6)10(11)12/h1-4,9,11-12H,5H2. The van der Waals surface area contributed by atoms with Crippen LogP contribution in [0.1, 0.15) is 5.56 Å². The third-order valence-corrected chi connectivity index (χ3v) is 1.85. The summed E-state index contributed by atoms with van der Waals surface area (Å²) in [6.45, 7) is 0.592. The summed E-state index contributed by atoms with van der Waals surface area (Å²) in [6, 6.07) is 7.03. The van der Waals surface area contributed by atoms with Crippen LogP contribution in [0.15, 0.2) is 24.3 Å². The molecule has 0 saturated carbocycles. The van der Waals surface area contributed by atoms with Gasteiger partial charge in [0.25, 0.3) is 0 Å². The van der Waals surface area contributed by atoms with Gasteiger partial charge in [-0.3, -0.25) is 13.9 Å². The molecule has 4 nitrogen and oxygen atoms in total. The van der Waals surface area contributed by atoms with E-state index in [0.717, 1.165) is 5.56 Å². The maximum Gasteiger partial charge on any atom is 0.0987 e. The molecule has 1 aromatic rings. The Bertz CT molecular complexity index is 255. The van der Waals surface area contributed by atoms with Crippen LogP contribution in [0, 0.1) is 0 Å². The molecule has 0 aliphatic carbocycles. The van der Waals surface area contributed by atoms with Gasteiger partial charge in [0.2, 0.25) is 0 Å². The van der Waals surface area contributed by atoms with E-state index in [-0.39, 0.29) is 5.23 Å². The van der Waals surface area contributed by atoms with Gasteiger partial charge < -0.3 is 0 Å². The summed E-state index contributed by atoms with van der Waals surface area (Å²) in [7, 11) is 0. The predicted octanol–water partition coefficient (Wildman–Crippen LogP) is 1.71. The van der Waals surface area contributed by atoms with Crippen LogP contribution in [0.4, 0.5) is 5.69 Å². The predicted molar refractivity (Wildman–Crippen MR) is 53.4 cm³/mol. The number of rotatable bonds is 3. The van der Waals surface area contributed by atoms with E-state index in [1.165, 1.54) is 0 Å². The first-order valence-electron chi connectivity index (χ1n) is 3.35. The highest BCUT2D eigenvalue weighted by molar-refractivity contribution is 14.1. The first-order chi connectivity index (χ1) is 5.75. The zero-order chi connectivity index (χ0) is 8.97. The Balaban J connectivity index is 2.92. The van der Waals surface area contributed by atoms with Crippen LogP contribution in [0.3, 0.4) is 0 Å². The number of benzene rings is 1. The zero-order valence-electron chi connectivity index (χ0n) is 6.24. The number of hydrogen-bond acceptors (Lipinski definition) is 4. The molecule has 1 aromatic carbocycles. The number of halogens is 1. The van der Waals surface area contributed by atoms with Crippen molar-refractivity contribution in [1.82, 2.24) is 3.53 Å². The topological polar surface area (TPSA) is 55.7 Å². The van der Waals surface area contributed by atoms with Crippen LogP contribution in [0.5, 0.6) is 0 Å². The number of nitrogens with one attached hydrogen (secondary N) is 1. The fraction of sp³-hybridized carbons (Fsp3) is 0.143. The summed E-state index contributed by atoms with van der Waals surface area (Å²) < 4.78 is 2.90. The Kier molecular flexibility index (Phi) is 3.73. The van der Waals surface area contributed by atoms with Crippen molar-refractivity contribution in [3.63, 3.8) is 0 Å². The van der Waals surface area contributed by atoms with Crippen molar-refractivity contribution in [2.75, 3.05) is 5.23 Å².